The Morgan fingerprint density at radius 2 is 0.957 bits per heavy atom. The average molecular weight is 601 g/mol. The summed E-state index contributed by atoms with van der Waals surface area (Å²) in [5.74, 6) is 0. The number of rotatable bonds is 5. The van der Waals surface area contributed by atoms with E-state index in [9.17, 15) is 0 Å². The number of benzene rings is 6. The normalized spacial score (nSPS) is 12.8. The summed E-state index contributed by atoms with van der Waals surface area (Å²) in [6.45, 7) is 15.3. The van der Waals surface area contributed by atoms with Gasteiger partial charge in [-0.05, 0) is 114 Å². The number of aryl methyl sites for hydroxylation is 3. The molecule has 0 aliphatic carbocycles. The van der Waals surface area contributed by atoms with Crippen molar-refractivity contribution in [3.8, 4) is 11.1 Å². The molecule has 1 aliphatic rings. The lowest BCUT2D eigenvalue weighted by Gasteiger charge is -2.42. The standard InChI is InChI=1S/C42H38N2.C2H6/c1-29-25-30(2)27-36(26-29)43(34-21-19-33(20-22-34)32-13-7-6-8-14-32)35-23-24-39(31(3)28-35)44-40-17-11-9-15-37(40)42(4,5)38-16-10-12-18-41(38)44;1-2/h6-28H,1-5H3;1-2H3. The summed E-state index contributed by atoms with van der Waals surface area (Å²) in [5.41, 5.74) is 15.9. The highest BCUT2D eigenvalue weighted by Crippen LogP contribution is 2.52. The maximum absolute atomic E-state index is 2.45. The van der Waals surface area contributed by atoms with Gasteiger partial charge in [0.05, 0.1) is 11.4 Å². The third-order valence-electron chi connectivity index (χ3n) is 9.01. The molecule has 0 saturated carbocycles. The topological polar surface area (TPSA) is 6.48 Å². The van der Waals surface area contributed by atoms with E-state index in [0.717, 1.165) is 17.1 Å². The molecule has 0 radical (unpaired) electrons. The SMILES string of the molecule is CC.Cc1cc(C)cc(N(c2ccc(-c3ccccc3)cc2)c2ccc(N3c4ccccc4C(C)(C)c4ccccc43)c(C)c2)c1. The first-order chi connectivity index (χ1) is 22.3. The van der Waals surface area contributed by atoms with E-state index in [4.69, 9.17) is 0 Å². The van der Waals surface area contributed by atoms with Crippen molar-refractivity contribution in [3.63, 3.8) is 0 Å². The highest BCUT2D eigenvalue weighted by molar-refractivity contribution is 5.88. The Hall–Kier alpha value is -5.08. The number of fused-ring (bicyclic) bond motifs is 2. The highest BCUT2D eigenvalue weighted by atomic mass is 15.2. The molecule has 7 rings (SSSR count). The van der Waals surface area contributed by atoms with Gasteiger partial charge in [0.15, 0.2) is 0 Å². The lowest BCUT2D eigenvalue weighted by Crippen LogP contribution is -2.30. The average Bonchev–Trinajstić information content (AvgIpc) is 3.07. The fraction of sp³-hybridized carbons (Fsp3) is 0.182. The zero-order chi connectivity index (χ0) is 32.4. The Balaban J connectivity index is 0.00000182. The van der Waals surface area contributed by atoms with Crippen LogP contribution in [0.2, 0.25) is 0 Å². The molecule has 0 fully saturated rings. The van der Waals surface area contributed by atoms with Crippen LogP contribution < -0.4 is 9.80 Å². The second-order valence-corrected chi connectivity index (χ2v) is 12.6. The van der Waals surface area contributed by atoms with Crippen LogP contribution in [0, 0.1) is 20.8 Å². The van der Waals surface area contributed by atoms with E-state index in [0.29, 0.717) is 0 Å². The first-order valence-corrected chi connectivity index (χ1v) is 16.4. The molecule has 0 atom stereocenters. The van der Waals surface area contributed by atoms with Crippen molar-refractivity contribution < 1.29 is 0 Å². The number of anilines is 6. The summed E-state index contributed by atoms with van der Waals surface area (Å²) in [5, 5.41) is 0. The highest BCUT2D eigenvalue weighted by Gasteiger charge is 2.36. The van der Waals surface area contributed by atoms with Crippen LogP contribution in [0.25, 0.3) is 11.1 Å². The molecule has 0 amide bonds. The summed E-state index contributed by atoms with van der Waals surface area (Å²) < 4.78 is 0. The fourth-order valence-corrected chi connectivity index (χ4v) is 6.92. The molecule has 1 heterocycles. The molecule has 230 valence electrons. The van der Waals surface area contributed by atoms with Crippen LogP contribution in [0.3, 0.4) is 0 Å². The molecule has 6 aromatic carbocycles. The van der Waals surface area contributed by atoms with Crippen LogP contribution in [0.4, 0.5) is 34.1 Å². The molecular formula is C44H44N2. The van der Waals surface area contributed by atoms with E-state index in [1.54, 1.807) is 0 Å². The Morgan fingerprint density at radius 3 is 1.52 bits per heavy atom. The zero-order valence-electron chi connectivity index (χ0n) is 28.2. The summed E-state index contributed by atoms with van der Waals surface area (Å²) in [6.07, 6.45) is 0. The summed E-state index contributed by atoms with van der Waals surface area (Å²) in [6, 6.07) is 50.9. The van der Waals surface area contributed by atoms with Gasteiger partial charge < -0.3 is 9.80 Å². The van der Waals surface area contributed by atoms with Crippen molar-refractivity contribution in [3.05, 3.63) is 167 Å². The van der Waals surface area contributed by atoms with Gasteiger partial charge in [-0.25, -0.2) is 0 Å². The first-order valence-electron chi connectivity index (χ1n) is 16.4. The molecule has 0 saturated heterocycles. The lowest BCUT2D eigenvalue weighted by atomic mass is 9.73. The van der Waals surface area contributed by atoms with Gasteiger partial charge in [-0.15, -0.1) is 0 Å². The Bertz CT molecular complexity index is 1900. The molecule has 0 N–H and O–H groups in total. The van der Waals surface area contributed by atoms with Crippen LogP contribution in [-0.2, 0) is 5.41 Å². The summed E-state index contributed by atoms with van der Waals surface area (Å²) in [4.78, 5) is 4.83. The largest absolute Gasteiger partial charge is 0.310 e. The minimum absolute atomic E-state index is 0.0801. The van der Waals surface area contributed by atoms with E-state index >= 15 is 0 Å². The fourth-order valence-electron chi connectivity index (χ4n) is 6.92. The molecule has 1 aliphatic heterocycles. The van der Waals surface area contributed by atoms with Gasteiger partial charge in [0.1, 0.15) is 0 Å². The molecule has 6 aromatic rings. The first kappa shape index (κ1) is 30.9. The van der Waals surface area contributed by atoms with Gasteiger partial charge in [-0.1, -0.05) is 113 Å². The van der Waals surface area contributed by atoms with Gasteiger partial charge in [-0.3, -0.25) is 0 Å². The quantitative estimate of drug-likeness (QED) is 0.194. The van der Waals surface area contributed by atoms with E-state index in [1.165, 1.54) is 56.0 Å². The predicted octanol–water partition coefficient (Wildman–Crippen LogP) is 12.9. The maximum Gasteiger partial charge on any atom is 0.0502 e. The summed E-state index contributed by atoms with van der Waals surface area (Å²) in [7, 11) is 0. The summed E-state index contributed by atoms with van der Waals surface area (Å²) >= 11 is 0. The van der Waals surface area contributed by atoms with E-state index in [2.05, 4.69) is 184 Å². The van der Waals surface area contributed by atoms with Gasteiger partial charge >= 0.3 is 0 Å². The molecule has 0 bridgehead atoms. The molecule has 0 unspecified atom stereocenters. The predicted molar refractivity (Wildman–Crippen MR) is 199 cm³/mol. The van der Waals surface area contributed by atoms with E-state index in [1.807, 2.05) is 13.8 Å². The van der Waals surface area contributed by atoms with Crippen LogP contribution >= 0.6 is 0 Å². The minimum Gasteiger partial charge on any atom is -0.310 e. The molecule has 0 aromatic heterocycles. The number of hydrogen-bond donors (Lipinski definition) is 0. The minimum atomic E-state index is -0.0801. The third kappa shape index (κ3) is 5.61. The lowest BCUT2D eigenvalue weighted by molar-refractivity contribution is 0.632. The monoisotopic (exact) mass is 600 g/mol. The Morgan fingerprint density at radius 1 is 0.457 bits per heavy atom. The Labute approximate surface area is 275 Å². The van der Waals surface area contributed by atoms with Crippen LogP contribution in [0.5, 0.6) is 0 Å². The maximum atomic E-state index is 2.45. The van der Waals surface area contributed by atoms with Crippen molar-refractivity contribution in [2.24, 2.45) is 0 Å². The third-order valence-corrected chi connectivity index (χ3v) is 9.01. The van der Waals surface area contributed by atoms with Crippen LogP contribution in [0.1, 0.15) is 55.5 Å². The van der Waals surface area contributed by atoms with Gasteiger partial charge in [0.25, 0.3) is 0 Å². The number of para-hydroxylation sites is 2. The van der Waals surface area contributed by atoms with Crippen LogP contribution in [0.15, 0.2) is 140 Å². The molecule has 46 heavy (non-hydrogen) atoms. The van der Waals surface area contributed by atoms with Gasteiger partial charge in [-0.2, -0.15) is 0 Å². The molecule has 2 nitrogen and oxygen atoms in total. The van der Waals surface area contributed by atoms with Gasteiger partial charge in [0.2, 0.25) is 0 Å². The smallest absolute Gasteiger partial charge is 0.0502 e. The van der Waals surface area contributed by atoms with Crippen LogP contribution in [-0.4, -0.2) is 0 Å². The molecular weight excluding hydrogens is 556 g/mol. The van der Waals surface area contributed by atoms with Gasteiger partial charge in [0, 0.05) is 28.2 Å². The zero-order valence-corrected chi connectivity index (χ0v) is 28.2. The molecule has 2 heteroatoms. The second kappa shape index (κ2) is 12.7. The number of nitrogens with zero attached hydrogens (tertiary/aromatic N) is 2. The van der Waals surface area contributed by atoms with Crippen molar-refractivity contribution in [2.45, 2.75) is 53.9 Å². The van der Waals surface area contributed by atoms with Crippen molar-refractivity contribution >= 4 is 34.1 Å². The Kier molecular flexibility index (Phi) is 8.56. The molecule has 0 spiro atoms. The van der Waals surface area contributed by atoms with Crippen molar-refractivity contribution in [1.82, 2.24) is 0 Å². The van der Waals surface area contributed by atoms with E-state index < -0.39 is 0 Å². The number of hydrogen-bond acceptors (Lipinski definition) is 2. The second-order valence-electron chi connectivity index (χ2n) is 12.6. The van der Waals surface area contributed by atoms with E-state index in [-0.39, 0.29) is 5.41 Å². The van der Waals surface area contributed by atoms with Crippen molar-refractivity contribution in [2.75, 3.05) is 9.80 Å². The van der Waals surface area contributed by atoms with Crippen molar-refractivity contribution in [1.29, 1.82) is 0 Å².